The number of anilines is 1. The van der Waals surface area contributed by atoms with Crippen molar-refractivity contribution in [3.63, 3.8) is 0 Å². The maximum absolute atomic E-state index is 11.9. The molecule has 2 N–H and O–H groups in total. The molecule has 0 saturated carbocycles. The first-order valence-corrected chi connectivity index (χ1v) is 7.48. The molecule has 1 aromatic carbocycles. The predicted octanol–water partition coefficient (Wildman–Crippen LogP) is 1.44. The average molecular weight is 342 g/mol. The maximum Gasteiger partial charge on any atom is 0.338 e. The number of ether oxygens (including phenoxy) is 1. The van der Waals surface area contributed by atoms with Crippen molar-refractivity contribution in [3.8, 4) is 0 Å². The summed E-state index contributed by atoms with van der Waals surface area (Å²) in [7, 11) is 2.12. The Morgan fingerprint density at radius 3 is 2.65 bits per heavy atom. The summed E-state index contributed by atoms with van der Waals surface area (Å²) < 4.78 is 6.08. The van der Waals surface area contributed by atoms with Gasteiger partial charge in [0.15, 0.2) is 0 Å². The lowest BCUT2D eigenvalue weighted by molar-refractivity contribution is 0.0432. The molecule has 110 valence electrons. The minimum atomic E-state index is -0.327. The fourth-order valence-electron chi connectivity index (χ4n) is 2.15. The molecule has 0 bridgehead atoms. The SMILES string of the molecule is CN1CCN(CCOC(=O)c2cc(N)cc(Br)c2)CC1. The highest BCUT2D eigenvalue weighted by Gasteiger charge is 2.14. The highest BCUT2D eigenvalue weighted by molar-refractivity contribution is 9.10. The Bertz CT molecular complexity index is 453. The van der Waals surface area contributed by atoms with Gasteiger partial charge in [0.05, 0.1) is 5.56 Å². The van der Waals surface area contributed by atoms with Gasteiger partial charge in [0.2, 0.25) is 0 Å². The number of nitrogen functional groups attached to an aromatic ring is 1. The molecule has 1 fully saturated rings. The fourth-order valence-corrected chi connectivity index (χ4v) is 2.66. The van der Waals surface area contributed by atoms with Crippen LogP contribution >= 0.6 is 15.9 Å². The maximum atomic E-state index is 11.9. The molecule has 0 spiro atoms. The number of halogens is 1. The second-order valence-electron chi connectivity index (χ2n) is 5.05. The van der Waals surface area contributed by atoms with E-state index in [-0.39, 0.29) is 5.97 Å². The van der Waals surface area contributed by atoms with E-state index < -0.39 is 0 Å². The van der Waals surface area contributed by atoms with Crippen LogP contribution in [-0.4, -0.2) is 62.1 Å². The smallest absolute Gasteiger partial charge is 0.338 e. The Morgan fingerprint density at radius 1 is 1.30 bits per heavy atom. The summed E-state index contributed by atoms with van der Waals surface area (Å²) in [4.78, 5) is 16.5. The summed E-state index contributed by atoms with van der Waals surface area (Å²) in [5, 5.41) is 0. The first kappa shape index (κ1) is 15.3. The first-order chi connectivity index (χ1) is 9.54. The minimum absolute atomic E-state index is 0.327. The number of esters is 1. The molecule has 0 aromatic heterocycles. The predicted molar refractivity (Wildman–Crippen MR) is 82.8 cm³/mol. The van der Waals surface area contributed by atoms with Crippen LogP contribution in [0.25, 0.3) is 0 Å². The standard InChI is InChI=1S/C14H20BrN3O2/c1-17-2-4-18(5-3-17)6-7-20-14(19)11-8-12(15)10-13(16)9-11/h8-10H,2-7,16H2,1H3. The van der Waals surface area contributed by atoms with Crippen molar-refractivity contribution in [1.82, 2.24) is 9.80 Å². The summed E-state index contributed by atoms with van der Waals surface area (Å²) in [5.74, 6) is -0.327. The zero-order valence-electron chi connectivity index (χ0n) is 11.6. The average Bonchev–Trinajstić information content (AvgIpc) is 2.40. The van der Waals surface area contributed by atoms with Gasteiger partial charge in [0.1, 0.15) is 6.61 Å². The highest BCUT2D eigenvalue weighted by Crippen LogP contribution is 2.17. The Kier molecular flexibility index (Phi) is 5.39. The lowest BCUT2D eigenvalue weighted by atomic mass is 10.2. The van der Waals surface area contributed by atoms with E-state index >= 15 is 0 Å². The van der Waals surface area contributed by atoms with Crippen LogP contribution in [0.3, 0.4) is 0 Å². The first-order valence-electron chi connectivity index (χ1n) is 6.68. The van der Waals surface area contributed by atoms with Crippen LogP contribution in [0, 0.1) is 0 Å². The van der Waals surface area contributed by atoms with Crippen molar-refractivity contribution in [3.05, 3.63) is 28.2 Å². The van der Waals surface area contributed by atoms with Gasteiger partial charge in [0, 0.05) is 42.9 Å². The van der Waals surface area contributed by atoms with E-state index in [1.807, 2.05) is 0 Å². The highest BCUT2D eigenvalue weighted by atomic mass is 79.9. The molecule has 0 unspecified atom stereocenters. The molecular formula is C14H20BrN3O2. The Labute approximate surface area is 127 Å². The third-order valence-corrected chi connectivity index (χ3v) is 3.85. The lowest BCUT2D eigenvalue weighted by Crippen LogP contribution is -2.45. The van der Waals surface area contributed by atoms with Gasteiger partial charge in [0.25, 0.3) is 0 Å². The van der Waals surface area contributed by atoms with Crippen molar-refractivity contribution in [2.24, 2.45) is 0 Å². The number of hydrogen-bond donors (Lipinski definition) is 1. The van der Waals surface area contributed by atoms with Gasteiger partial charge in [-0.1, -0.05) is 15.9 Å². The number of carbonyl (C=O) groups is 1. The van der Waals surface area contributed by atoms with Gasteiger partial charge >= 0.3 is 5.97 Å². The molecule has 0 radical (unpaired) electrons. The van der Waals surface area contributed by atoms with E-state index in [2.05, 4.69) is 32.8 Å². The molecule has 0 amide bonds. The molecule has 0 atom stereocenters. The Morgan fingerprint density at radius 2 is 2.00 bits per heavy atom. The van der Waals surface area contributed by atoms with Crippen LogP contribution in [0.15, 0.2) is 22.7 Å². The monoisotopic (exact) mass is 341 g/mol. The topological polar surface area (TPSA) is 58.8 Å². The van der Waals surface area contributed by atoms with Crippen LogP contribution < -0.4 is 5.73 Å². The van der Waals surface area contributed by atoms with Gasteiger partial charge in [-0.2, -0.15) is 0 Å². The molecule has 1 saturated heterocycles. The molecule has 1 aliphatic rings. The molecule has 1 aromatic rings. The lowest BCUT2D eigenvalue weighted by Gasteiger charge is -2.32. The Balaban J connectivity index is 1.77. The van der Waals surface area contributed by atoms with E-state index in [1.54, 1.807) is 18.2 Å². The van der Waals surface area contributed by atoms with Gasteiger partial charge in [-0.3, -0.25) is 4.90 Å². The number of rotatable bonds is 4. The van der Waals surface area contributed by atoms with Crippen molar-refractivity contribution < 1.29 is 9.53 Å². The summed E-state index contributed by atoms with van der Waals surface area (Å²) in [6, 6.07) is 5.10. The normalized spacial score (nSPS) is 17.1. The van der Waals surface area contributed by atoms with E-state index in [4.69, 9.17) is 10.5 Å². The summed E-state index contributed by atoms with van der Waals surface area (Å²) in [6.45, 7) is 5.38. The van der Waals surface area contributed by atoms with E-state index in [0.29, 0.717) is 17.9 Å². The zero-order valence-corrected chi connectivity index (χ0v) is 13.2. The molecule has 1 aliphatic heterocycles. The van der Waals surface area contributed by atoms with Crippen LogP contribution in [-0.2, 0) is 4.74 Å². The van der Waals surface area contributed by atoms with Crippen molar-refractivity contribution in [2.75, 3.05) is 52.1 Å². The van der Waals surface area contributed by atoms with Crippen molar-refractivity contribution in [1.29, 1.82) is 0 Å². The summed E-state index contributed by atoms with van der Waals surface area (Å²) >= 11 is 3.32. The van der Waals surface area contributed by atoms with Gasteiger partial charge in [-0.05, 0) is 25.2 Å². The van der Waals surface area contributed by atoms with E-state index in [9.17, 15) is 4.79 Å². The van der Waals surface area contributed by atoms with E-state index in [1.165, 1.54) is 0 Å². The number of nitrogens with two attached hydrogens (primary N) is 1. The van der Waals surface area contributed by atoms with Gasteiger partial charge < -0.3 is 15.4 Å². The van der Waals surface area contributed by atoms with Gasteiger partial charge in [-0.15, -0.1) is 0 Å². The van der Waals surface area contributed by atoms with E-state index in [0.717, 1.165) is 37.2 Å². The third-order valence-electron chi connectivity index (χ3n) is 3.39. The van der Waals surface area contributed by atoms with Gasteiger partial charge in [-0.25, -0.2) is 4.79 Å². The van der Waals surface area contributed by atoms with Crippen LogP contribution in [0.2, 0.25) is 0 Å². The molecule has 2 rings (SSSR count). The second kappa shape index (κ2) is 7.06. The molecule has 1 heterocycles. The second-order valence-corrected chi connectivity index (χ2v) is 5.97. The number of carbonyl (C=O) groups excluding carboxylic acids is 1. The third kappa shape index (κ3) is 4.47. The Hall–Kier alpha value is -1.11. The summed E-state index contributed by atoms with van der Waals surface area (Å²) in [6.07, 6.45) is 0. The number of nitrogens with zero attached hydrogens (tertiary/aromatic N) is 2. The van der Waals surface area contributed by atoms with Crippen molar-refractivity contribution in [2.45, 2.75) is 0 Å². The number of likely N-dealkylation sites (N-methyl/N-ethyl adjacent to an activating group) is 1. The number of piperazine rings is 1. The largest absolute Gasteiger partial charge is 0.461 e. The molecule has 6 heteroatoms. The number of hydrogen-bond acceptors (Lipinski definition) is 5. The number of benzene rings is 1. The van der Waals surface area contributed by atoms with Crippen molar-refractivity contribution >= 4 is 27.6 Å². The minimum Gasteiger partial charge on any atom is -0.461 e. The molecule has 0 aliphatic carbocycles. The van der Waals surface area contributed by atoms with Crippen LogP contribution in [0.5, 0.6) is 0 Å². The quantitative estimate of drug-likeness (QED) is 0.663. The zero-order chi connectivity index (χ0) is 14.5. The fraction of sp³-hybridized carbons (Fsp3) is 0.500. The molecule has 20 heavy (non-hydrogen) atoms. The summed E-state index contributed by atoms with van der Waals surface area (Å²) in [5.41, 5.74) is 6.73. The van der Waals surface area contributed by atoms with Crippen LogP contribution in [0.4, 0.5) is 5.69 Å². The van der Waals surface area contributed by atoms with Crippen LogP contribution in [0.1, 0.15) is 10.4 Å². The molecule has 5 nitrogen and oxygen atoms in total. The molecular weight excluding hydrogens is 322 g/mol.